The van der Waals surface area contributed by atoms with E-state index in [2.05, 4.69) is 0 Å². The summed E-state index contributed by atoms with van der Waals surface area (Å²) in [7, 11) is 1.61. The van der Waals surface area contributed by atoms with Gasteiger partial charge in [0, 0.05) is 5.56 Å². The maximum atomic E-state index is 11.4. The van der Waals surface area contributed by atoms with Gasteiger partial charge in [0.25, 0.3) is 0 Å². The Balaban J connectivity index is 0.000000980. The zero-order chi connectivity index (χ0) is 9.42. The molecule has 0 aliphatic heterocycles. The van der Waals surface area contributed by atoms with E-state index < -0.39 is 0 Å². The van der Waals surface area contributed by atoms with Gasteiger partial charge in [-0.1, -0.05) is 0 Å². The summed E-state index contributed by atoms with van der Waals surface area (Å²) in [6.45, 7) is 0. The van der Waals surface area contributed by atoms with E-state index in [1.165, 1.54) is 0 Å². The standard InChI is InChI=1S/C10H11NO2.ClH/c1-13-7-2-3-8-6(4-7)5-9(11)10(8)12;/h2-4,9H,5,11H2,1H3;1H. The summed E-state index contributed by atoms with van der Waals surface area (Å²) < 4.78 is 5.06. The molecule has 1 aliphatic carbocycles. The van der Waals surface area contributed by atoms with Crippen molar-refractivity contribution in [3.05, 3.63) is 29.3 Å². The first-order valence-electron chi connectivity index (χ1n) is 4.19. The Morgan fingerprint density at radius 1 is 1.50 bits per heavy atom. The van der Waals surface area contributed by atoms with Crippen LogP contribution in [0.1, 0.15) is 15.9 Å². The van der Waals surface area contributed by atoms with Crippen LogP contribution < -0.4 is 10.5 Å². The van der Waals surface area contributed by atoms with E-state index in [-0.39, 0.29) is 24.2 Å². The molecule has 2 rings (SSSR count). The number of rotatable bonds is 1. The van der Waals surface area contributed by atoms with E-state index in [9.17, 15) is 4.79 Å². The third kappa shape index (κ3) is 1.61. The number of ether oxygens (including phenoxy) is 1. The van der Waals surface area contributed by atoms with Gasteiger partial charge in [-0.15, -0.1) is 12.4 Å². The number of ketones is 1. The van der Waals surface area contributed by atoms with Gasteiger partial charge < -0.3 is 10.5 Å². The van der Waals surface area contributed by atoms with E-state index in [1.54, 1.807) is 19.2 Å². The van der Waals surface area contributed by atoms with Crippen LogP contribution in [0.5, 0.6) is 5.75 Å². The Bertz CT molecular complexity index is 365. The highest BCUT2D eigenvalue weighted by Crippen LogP contribution is 2.25. The molecular weight excluding hydrogens is 202 g/mol. The molecule has 0 saturated heterocycles. The number of methoxy groups -OCH3 is 1. The van der Waals surface area contributed by atoms with Crippen molar-refractivity contribution in [3.63, 3.8) is 0 Å². The van der Waals surface area contributed by atoms with Crippen molar-refractivity contribution in [1.82, 2.24) is 0 Å². The number of hydrogen-bond acceptors (Lipinski definition) is 3. The molecule has 1 aromatic rings. The summed E-state index contributed by atoms with van der Waals surface area (Å²) in [5, 5.41) is 0. The Morgan fingerprint density at radius 2 is 2.21 bits per heavy atom. The van der Waals surface area contributed by atoms with E-state index >= 15 is 0 Å². The lowest BCUT2D eigenvalue weighted by molar-refractivity contribution is 0.0974. The molecule has 0 heterocycles. The summed E-state index contributed by atoms with van der Waals surface area (Å²) in [5.74, 6) is 0.818. The fourth-order valence-electron chi connectivity index (χ4n) is 1.64. The van der Waals surface area contributed by atoms with Crippen LogP contribution in [-0.4, -0.2) is 18.9 Å². The normalized spacial score (nSPS) is 18.7. The van der Waals surface area contributed by atoms with Gasteiger partial charge in [0.2, 0.25) is 0 Å². The van der Waals surface area contributed by atoms with E-state index in [0.29, 0.717) is 6.42 Å². The van der Waals surface area contributed by atoms with Gasteiger partial charge >= 0.3 is 0 Å². The van der Waals surface area contributed by atoms with Crippen molar-refractivity contribution in [1.29, 1.82) is 0 Å². The van der Waals surface area contributed by atoms with E-state index in [4.69, 9.17) is 10.5 Å². The molecule has 1 aliphatic rings. The monoisotopic (exact) mass is 213 g/mol. The molecule has 1 atom stereocenters. The molecule has 0 radical (unpaired) electrons. The molecule has 0 spiro atoms. The maximum absolute atomic E-state index is 11.4. The van der Waals surface area contributed by atoms with Crippen molar-refractivity contribution in [2.45, 2.75) is 12.5 Å². The zero-order valence-corrected chi connectivity index (χ0v) is 8.64. The van der Waals surface area contributed by atoms with Gasteiger partial charge in [-0.2, -0.15) is 0 Å². The van der Waals surface area contributed by atoms with E-state index in [0.717, 1.165) is 16.9 Å². The molecule has 0 bridgehead atoms. The topological polar surface area (TPSA) is 52.3 Å². The Kier molecular flexibility index (Phi) is 3.13. The summed E-state index contributed by atoms with van der Waals surface area (Å²) in [6, 6.07) is 5.08. The zero-order valence-electron chi connectivity index (χ0n) is 7.82. The van der Waals surface area contributed by atoms with Crippen LogP contribution in [0.2, 0.25) is 0 Å². The summed E-state index contributed by atoms with van der Waals surface area (Å²) in [4.78, 5) is 11.4. The van der Waals surface area contributed by atoms with Crippen LogP contribution in [-0.2, 0) is 6.42 Å². The number of halogens is 1. The van der Waals surface area contributed by atoms with Crippen molar-refractivity contribution in [2.75, 3.05) is 7.11 Å². The second kappa shape index (κ2) is 3.98. The molecule has 0 saturated carbocycles. The van der Waals surface area contributed by atoms with Crippen LogP contribution in [0.3, 0.4) is 0 Å². The average Bonchev–Trinajstić information content (AvgIpc) is 2.42. The van der Waals surface area contributed by atoms with Crippen LogP contribution in [0.15, 0.2) is 18.2 Å². The fraction of sp³-hybridized carbons (Fsp3) is 0.300. The molecule has 76 valence electrons. The SMILES string of the molecule is COc1ccc2c(c1)CC(N)C2=O.Cl. The lowest BCUT2D eigenvalue weighted by atomic mass is 10.1. The molecule has 0 aromatic heterocycles. The van der Waals surface area contributed by atoms with Crippen molar-refractivity contribution in [2.24, 2.45) is 5.73 Å². The number of hydrogen-bond donors (Lipinski definition) is 1. The van der Waals surface area contributed by atoms with E-state index in [1.807, 2.05) is 6.07 Å². The second-order valence-corrected chi connectivity index (χ2v) is 3.20. The number of fused-ring (bicyclic) bond motifs is 1. The number of carbonyl (C=O) groups is 1. The molecule has 0 fully saturated rings. The number of benzene rings is 1. The summed E-state index contributed by atoms with van der Waals surface area (Å²) in [5.41, 5.74) is 7.37. The highest BCUT2D eigenvalue weighted by atomic mass is 35.5. The predicted octanol–water partition coefficient (Wildman–Crippen LogP) is 1.18. The number of nitrogens with two attached hydrogens (primary N) is 1. The van der Waals surface area contributed by atoms with Crippen LogP contribution in [0.25, 0.3) is 0 Å². The average molecular weight is 214 g/mol. The Hall–Kier alpha value is -1.06. The lowest BCUT2D eigenvalue weighted by Crippen LogP contribution is -2.26. The van der Waals surface area contributed by atoms with Crippen molar-refractivity contribution >= 4 is 18.2 Å². The summed E-state index contributed by atoms with van der Waals surface area (Å²) in [6.07, 6.45) is 0.630. The highest BCUT2D eigenvalue weighted by Gasteiger charge is 2.27. The minimum Gasteiger partial charge on any atom is -0.497 e. The van der Waals surface area contributed by atoms with Gasteiger partial charge in [-0.25, -0.2) is 0 Å². The van der Waals surface area contributed by atoms with Gasteiger partial charge in [0.15, 0.2) is 5.78 Å². The molecule has 3 nitrogen and oxygen atoms in total. The third-order valence-electron chi connectivity index (χ3n) is 2.35. The van der Waals surface area contributed by atoms with Crippen LogP contribution >= 0.6 is 12.4 Å². The smallest absolute Gasteiger partial charge is 0.180 e. The maximum Gasteiger partial charge on any atom is 0.180 e. The number of Topliss-reactive ketones (excluding diaryl/α,β-unsaturated/α-hetero) is 1. The number of carbonyl (C=O) groups excluding carboxylic acids is 1. The molecule has 0 amide bonds. The molecule has 2 N–H and O–H groups in total. The summed E-state index contributed by atoms with van der Waals surface area (Å²) >= 11 is 0. The molecule has 1 unspecified atom stereocenters. The first-order chi connectivity index (χ1) is 6.22. The quantitative estimate of drug-likeness (QED) is 0.762. The van der Waals surface area contributed by atoms with Crippen molar-refractivity contribution in [3.8, 4) is 5.75 Å². The minimum absolute atomic E-state index is 0. The van der Waals surface area contributed by atoms with Crippen LogP contribution in [0, 0.1) is 0 Å². The Labute approximate surface area is 88.7 Å². The first-order valence-corrected chi connectivity index (χ1v) is 4.19. The molecule has 14 heavy (non-hydrogen) atoms. The molecule has 4 heteroatoms. The van der Waals surface area contributed by atoms with Crippen LogP contribution in [0.4, 0.5) is 0 Å². The van der Waals surface area contributed by atoms with Gasteiger partial charge in [-0.3, -0.25) is 4.79 Å². The Morgan fingerprint density at radius 3 is 2.86 bits per heavy atom. The van der Waals surface area contributed by atoms with Crippen molar-refractivity contribution < 1.29 is 9.53 Å². The van der Waals surface area contributed by atoms with Gasteiger partial charge in [0.1, 0.15) is 5.75 Å². The van der Waals surface area contributed by atoms with Gasteiger partial charge in [-0.05, 0) is 30.2 Å². The largest absolute Gasteiger partial charge is 0.497 e. The first kappa shape index (κ1) is 11.0. The predicted molar refractivity (Wildman–Crippen MR) is 56.3 cm³/mol. The molecular formula is C10H12ClNO2. The lowest BCUT2D eigenvalue weighted by Gasteiger charge is -2.01. The highest BCUT2D eigenvalue weighted by molar-refractivity contribution is 6.04. The van der Waals surface area contributed by atoms with Gasteiger partial charge in [0.05, 0.1) is 13.2 Å². The minimum atomic E-state index is -0.359. The third-order valence-corrected chi connectivity index (χ3v) is 2.35. The fourth-order valence-corrected chi connectivity index (χ4v) is 1.64. The second-order valence-electron chi connectivity index (χ2n) is 3.20. The molecule has 1 aromatic carbocycles.